The number of rotatable bonds is 7. The summed E-state index contributed by atoms with van der Waals surface area (Å²) in [5.41, 5.74) is 4.95. The SMILES string of the molecule is CCOC(=O)c1c(CSc2ccc(F)cc2C)n(C)c2cc(C3=CCN(C(C)C)CC3)c(O)cc12. The molecule has 1 aromatic heterocycles. The number of phenols is 1. The first kappa shape index (κ1) is 25.3. The summed E-state index contributed by atoms with van der Waals surface area (Å²) in [6.45, 7) is 10.1. The van der Waals surface area contributed by atoms with Crippen molar-refractivity contribution in [2.24, 2.45) is 7.05 Å². The molecule has 0 atom stereocenters. The fraction of sp³-hybridized carbons (Fsp3) is 0.393. The van der Waals surface area contributed by atoms with Gasteiger partial charge < -0.3 is 14.4 Å². The highest BCUT2D eigenvalue weighted by Gasteiger charge is 2.25. The molecule has 186 valence electrons. The third-order valence-corrected chi connectivity index (χ3v) is 7.92. The summed E-state index contributed by atoms with van der Waals surface area (Å²) in [5, 5.41) is 11.7. The van der Waals surface area contributed by atoms with Crippen LogP contribution in [0.5, 0.6) is 5.75 Å². The van der Waals surface area contributed by atoms with Gasteiger partial charge in [0.2, 0.25) is 0 Å². The number of phenolic OH excluding ortho intramolecular Hbond substituents is 1. The Morgan fingerprint density at radius 1 is 1.26 bits per heavy atom. The Hall–Kier alpha value is -2.77. The van der Waals surface area contributed by atoms with Crippen molar-refractivity contribution >= 4 is 34.2 Å². The van der Waals surface area contributed by atoms with Crippen molar-refractivity contribution in [3.63, 3.8) is 0 Å². The summed E-state index contributed by atoms with van der Waals surface area (Å²) < 4.78 is 21.0. The molecule has 35 heavy (non-hydrogen) atoms. The summed E-state index contributed by atoms with van der Waals surface area (Å²) in [6.07, 6.45) is 3.05. The monoisotopic (exact) mass is 496 g/mol. The molecule has 3 aromatic rings. The van der Waals surface area contributed by atoms with E-state index in [1.807, 2.05) is 24.6 Å². The zero-order chi connectivity index (χ0) is 25.3. The highest BCUT2D eigenvalue weighted by Crippen LogP contribution is 2.38. The number of aromatic nitrogens is 1. The quantitative estimate of drug-likeness (QED) is 0.307. The van der Waals surface area contributed by atoms with Gasteiger partial charge in [-0.25, -0.2) is 9.18 Å². The van der Waals surface area contributed by atoms with Crippen molar-refractivity contribution in [1.29, 1.82) is 0 Å². The average Bonchev–Trinajstić information content (AvgIpc) is 3.08. The van der Waals surface area contributed by atoms with Gasteiger partial charge in [0.15, 0.2) is 0 Å². The summed E-state index contributed by atoms with van der Waals surface area (Å²) in [4.78, 5) is 16.4. The van der Waals surface area contributed by atoms with E-state index in [0.717, 1.165) is 52.3 Å². The maximum absolute atomic E-state index is 13.6. The molecule has 0 spiro atoms. The van der Waals surface area contributed by atoms with Gasteiger partial charge in [-0.1, -0.05) is 6.08 Å². The molecule has 0 aliphatic carbocycles. The first-order valence-corrected chi connectivity index (χ1v) is 13.0. The average molecular weight is 497 g/mol. The minimum atomic E-state index is -0.402. The number of hydrogen-bond acceptors (Lipinski definition) is 5. The standard InChI is InChI=1S/C28H33FN2O3S/c1-6-34-28(33)27-22-15-25(32)21(19-9-11-31(12-10-19)17(2)3)14-23(22)30(5)24(27)16-35-26-8-7-20(29)13-18(26)4/h7-9,13-15,17,32H,6,10-12,16H2,1-5H3. The smallest absolute Gasteiger partial charge is 0.340 e. The number of aryl methyl sites for hydroxylation is 2. The van der Waals surface area contributed by atoms with Gasteiger partial charge in [0.25, 0.3) is 0 Å². The molecule has 1 aliphatic heterocycles. The van der Waals surface area contributed by atoms with Gasteiger partial charge >= 0.3 is 5.97 Å². The zero-order valence-electron chi connectivity index (χ0n) is 21.0. The van der Waals surface area contributed by atoms with E-state index in [9.17, 15) is 14.3 Å². The largest absolute Gasteiger partial charge is 0.507 e. The molecule has 0 amide bonds. The molecule has 0 unspecified atom stereocenters. The second-order valence-electron chi connectivity index (χ2n) is 9.25. The Morgan fingerprint density at radius 3 is 2.66 bits per heavy atom. The van der Waals surface area contributed by atoms with Crippen LogP contribution in [-0.2, 0) is 17.5 Å². The van der Waals surface area contributed by atoms with Gasteiger partial charge in [0.05, 0.1) is 12.2 Å². The number of carbonyl (C=O) groups excluding carboxylic acids is 1. The Bertz CT molecular complexity index is 1300. The van der Waals surface area contributed by atoms with Crippen LogP contribution in [0, 0.1) is 12.7 Å². The molecule has 0 saturated heterocycles. The molecule has 5 nitrogen and oxygen atoms in total. The van der Waals surface area contributed by atoms with Crippen molar-refractivity contribution in [3.8, 4) is 5.75 Å². The van der Waals surface area contributed by atoms with Crippen molar-refractivity contribution in [1.82, 2.24) is 9.47 Å². The van der Waals surface area contributed by atoms with E-state index in [0.29, 0.717) is 22.7 Å². The Labute approximate surface area is 210 Å². The topological polar surface area (TPSA) is 54.7 Å². The zero-order valence-corrected chi connectivity index (χ0v) is 21.8. The highest BCUT2D eigenvalue weighted by molar-refractivity contribution is 7.98. The van der Waals surface area contributed by atoms with E-state index >= 15 is 0 Å². The molecule has 0 saturated carbocycles. The molecule has 1 aliphatic rings. The van der Waals surface area contributed by atoms with Crippen LogP contribution in [0.1, 0.15) is 54.4 Å². The van der Waals surface area contributed by atoms with Crippen LogP contribution in [0.3, 0.4) is 0 Å². The fourth-order valence-electron chi connectivity index (χ4n) is 4.70. The number of halogens is 1. The molecular formula is C28H33FN2O3S. The van der Waals surface area contributed by atoms with Crippen LogP contribution >= 0.6 is 11.8 Å². The summed E-state index contributed by atoms with van der Waals surface area (Å²) in [6, 6.07) is 8.89. The van der Waals surface area contributed by atoms with Gasteiger partial charge in [0, 0.05) is 59.0 Å². The number of carbonyl (C=O) groups is 1. The lowest BCUT2D eigenvalue weighted by molar-refractivity contribution is 0.0527. The van der Waals surface area contributed by atoms with Gasteiger partial charge in [-0.2, -0.15) is 0 Å². The minimum absolute atomic E-state index is 0.173. The lowest BCUT2D eigenvalue weighted by Crippen LogP contribution is -2.34. The molecule has 2 heterocycles. The molecule has 4 rings (SSSR count). The second kappa shape index (κ2) is 10.5. The number of esters is 1. The molecule has 1 N–H and O–H groups in total. The Kier molecular flexibility index (Phi) is 7.57. The first-order valence-electron chi connectivity index (χ1n) is 12.0. The van der Waals surface area contributed by atoms with Crippen LogP contribution in [0.25, 0.3) is 16.5 Å². The number of nitrogens with zero attached hydrogens (tertiary/aromatic N) is 2. The van der Waals surface area contributed by atoms with Gasteiger partial charge in [-0.3, -0.25) is 4.90 Å². The maximum atomic E-state index is 13.6. The normalized spacial score (nSPS) is 14.5. The highest BCUT2D eigenvalue weighted by atomic mass is 32.2. The summed E-state index contributed by atoms with van der Waals surface area (Å²) in [5.74, 6) is 0.0151. The van der Waals surface area contributed by atoms with Gasteiger partial charge in [-0.15, -0.1) is 11.8 Å². The predicted octanol–water partition coefficient (Wildman–Crippen LogP) is 6.30. The Morgan fingerprint density at radius 2 is 2.03 bits per heavy atom. The Balaban J connectivity index is 1.76. The van der Waals surface area contributed by atoms with Crippen molar-refractivity contribution in [2.75, 3.05) is 19.7 Å². The number of fused-ring (bicyclic) bond motifs is 1. The van der Waals surface area contributed by atoms with Crippen molar-refractivity contribution in [3.05, 3.63) is 64.6 Å². The molecule has 7 heteroatoms. The summed E-state index contributed by atoms with van der Waals surface area (Å²) in [7, 11) is 1.94. The minimum Gasteiger partial charge on any atom is -0.507 e. The van der Waals surface area contributed by atoms with Crippen molar-refractivity contribution in [2.45, 2.75) is 50.8 Å². The van der Waals surface area contributed by atoms with Crippen LogP contribution in [0.4, 0.5) is 4.39 Å². The van der Waals surface area contributed by atoms with E-state index in [2.05, 4.69) is 24.8 Å². The van der Waals surface area contributed by atoms with E-state index in [1.54, 1.807) is 30.8 Å². The number of ether oxygens (including phenoxy) is 1. The van der Waals surface area contributed by atoms with Crippen molar-refractivity contribution < 1.29 is 19.0 Å². The lowest BCUT2D eigenvalue weighted by atomic mass is 9.96. The maximum Gasteiger partial charge on any atom is 0.340 e. The first-order chi connectivity index (χ1) is 16.7. The summed E-state index contributed by atoms with van der Waals surface area (Å²) >= 11 is 1.55. The van der Waals surface area contributed by atoms with Gasteiger partial charge in [-0.05, 0) is 75.6 Å². The van der Waals surface area contributed by atoms with E-state index in [4.69, 9.17) is 4.74 Å². The van der Waals surface area contributed by atoms with Gasteiger partial charge in [0.1, 0.15) is 11.6 Å². The molecule has 0 bridgehead atoms. The third kappa shape index (κ3) is 5.11. The number of hydrogen-bond donors (Lipinski definition) is 1. The molecular weight excluding hydrogens is 463 g/mol. The molecule has 0 radical (unpaired) electrons. The fourth-order valence-corrected chi connectivity index (χ4v) is 5.78. The number of benzene rings is 2. The molecule has 0 fully saturated rings. The lowest BCUT2D eigenvalue weighted by Gasteiger charge is -2.30. The predicted molar refractivity (Wildman–Crippen MR) is 141 cm³/mol. The number of thioether (sulfide) groups is 1. The number of aromatic hydroxyl groups is 1. The van der Waals surface area contributed by atoms with Crippen LogP contribution in [-0.4, -0.2) is 46.3 Å². The van der Waals surface area contributed by atoms with Crippen LogP contribution in [0.2, 0.25) is 0 Å². The van der Waals surface area contributed by atoms with Crippen LogP contribution < -0.4 is 0 Å². The van der Waals surface area contributed by atoms with E-state index in [-0.39, 0.29) is 18.2 Å². The third-order valence-electron chi connectivity index (χ3n) is 6.74. The second-order valence-corrected chi connectivity index (χ2v) is 10.3. The molecule has 2 aromatic carbocycles. The van der Waals surface area contributed by atoms with Crippen LogP contribution in [0.15, 0.2) is 41.3 Å². The van der Waals surface area contributed by atoms with E-state index in [1.165, 1.54) is 12.1 Å². The van der Waals surface area contributed by atoms with E-state index < -0.39 is 5.97 Å².